The summed E-state index contributed by atoms with van der Waals surface area (Å²) in [7, 11) is 0. The van der Waals surface area contributed by atoms with E-state index >= 15 is 0 Å². The van der Waals surface area contributed by atoms with Gasteiger partial charge in [0.15, 0.2) is 5.84 Å². The molecule has 1 heterocycles. The van der Waals surface area contributed by atoms with Gasteiger partial charge in [-0.1, -0.05) is 35.5 Å². The highest BCUT2D eigenvalue weighted by atomic mass is 32.1. The van der Waals surface area contributed by atoms with E-state index in [-0.39, 0.29) is 5.84 Å². The SMILES string of the molecule is Cc1sc(-c2ccccc2)nc1-c1ccc(OCCCCCOc2ccc(/C(N)=N/O)cc2)cc1. The summed E-state index contributed by atoms with van der Waals surface area (Å²) in [4.78, 5) is 6.07. The van der Waals surface area contributed by atoms with E-state index in [9.17, 15) is 0 Å². The Morgan fingerprint density at radius 3 is 2.03 bits per heavy atom. The van der Waals surface area contributed by atoms with Gasteiger partial charge in [-0.25, -0.2) is 4.98 Å². The van der Waals surface area contributed by atoms with Crippen molar-refractivity contribution in [1.29, 1.82) is 0 Å². The molecule has 1 aromatic heterocycles. The third-order valence-electron chi connectivity index (χ3n) is 5.53. The predicted octanol–water partition coefficient (Wildman–Crippen LogP) is 6.51. The lowest BCUT2D eigenvalue weighted by Crippen LogP contribution is -2.12. The minimum absolute atomic E-state index is 0.0848. The number of nitrogens with two attached hydrogens (primary N) is 1. The van der Waals surface area contributed by atoms with Crippen LogP contribution in [-0.4, -0.2) is 29.2 Å². The minimum atomic E-state index is 0.0848. The van der Waals surface area contributed by atoms with Crippen LogP contribution in [0.4, 0.5) is 0 Å². The fourth-order valence-electron chi connectivity index (χ4n) is 3.62. The van der Waals surface area contributed by atoms with Crippen LogP contribution in [0.25, 0.3) is 21.8 Å². The summed E-state index contributed by atoms with van der Waals surface area (Å²) < 4.78 is 11.7. The Morgan fingerprint density at radius 1 is 0.829 bits per heavy atom. The fourth-order valence-corrected chi connectivity index (χ4v) is 4.56. The Morgan fingerprint density at radius 2 is 1.43 bits per heavy atom. The second-order valence-corrected chi connectivity index (χ2v) is 9.28. The highest BCUT2D eigenvalue weighted by molar-refractivity contribution is 7.15. The molecule has 35 heavy (non-hydrogen) atoms. The van der Waals surface area contributed by atoms with Crippen LogP contribution in [0.5, 0.6) is 11.5 Å². The first kappa shape index (κ1) is 24.3. The average Bonchev–Trinajstić information content (AvgIpc) is 3.30. The van der Waals surface area contributed by atoms with Gasteiger partial charge in [-0.2, -0.15) is 0 Å². The lowest BCUT2D eigenvalue weighted by molar-refractivity contribution is 0.279. The zero-order valence-corrected chi connectivity index (χ0v) is 20.5. The van der Waals surface area contributed by atoms with Crippen molar-refractivity contribution < 1.29 is 14.7 Å². The molecule has 0 bridgehead atoms. The number of benzene rings is 3. The molecule has 6 nitrogen and oxygen atoms in total. The number of unbranched alkanes of at least 4 members (excludes halogenated alkanes) is 2. The Hall–Kier alpha value is -3.84. The van der Waals surface area contributed by atoms with Crippen LogP contribution in [0.1, 0.15) is 29.7 Å². The van der Waals surface area contributed by atoms with E-state index < -0.39 is 0 Å². The molecule has 0 fully saturated rings. The van der Waals surface area contributed by atoms with E-state index in [1.54, 1.807) is 23.5 Å². The second-order valence-electron chi connectivity index (χ2n) is 8.08. The Balaban J connectivity index is 1.17. The zero-order valence-electron chi connectivity index (χ0n) is 19.7. The lowest BCUT2D eigenvalue weighted by atomic mass is 10.1. The normalized spacial score (nSPS) is 11.4. The molecule has 3 N–H and O–H groups in total. The maximum absolute atomic E-state index is 8.70. The molecule has 4 rings (SSSR count). The molecule has 0 spiro atoms. The summed E-state index contributed by atoms with van der Waals surface area (Å²) in [6.45, 7) is 3.42. The van der Waals surface area contributed by atoms with Crippen LogP contribution in [0, 0.1) is 6.92 Å². The van der Waals surface area contributed by atoms with Crippen LogP contribution >= 0.6 is 11.3 Å². The van der Waals surface area contributed by atoms with Crippen LogP contribution < -0.4 is 15.2 Å². The third-order valence-corrected chi connectivity index (χ3v) is 6.55. The number of nitrogens with zero attached hydrogens (tertiary/aromatic N) is 2. The summed E-state index contributed by atoms with van der Waals surface area (Å²) in [5, 5.41) is 12.7. The molecule has 0 aliphatic heterocycles. The van der Waals surface area contributed by atoms with Crippen molar-refractivity contribution >= 4 is 17.2 Å². The molecule has 0 radical (unpaired) electrons. The fraction of sp³-hybridized carbons (Fsp3) is 0.214. The zero-order chi connectivity index (χ0) is 24.5. The molecule has 0 aliphatic carbocycles. The van der Waals surface area contributed by atoms with Gasteiger partial charge in [0.25, 0.3) is 0 Å². The van der Waals surface area contributed by atoms with Crippen molar-refractivity contribution in [2.75, 3.05) is 13.2 Å². The van der Waals surface area contributed by atoms with E-state index in [1.165, 1.54) is 4.88 Å². The van der Waals surface area contributed by atoms with Crippen molar-refractivity contribution in [3.05, 3.63) is 89.3 Å². The summed E-state index contributed by atoms with van der Waals surface area (Å²) in [6, 6.07) is 25.6. The Kier molecular flexibility index (Phi) is 8.35. The molecule has 0 saturated carbocycles. The topological polar surface area (TPSA) is 90.0 Å². The molecule has 7 heteroatoms. The van der Waals surface area contributed by atoms with Gasteiger partial charge in [-0.05, 0) is 74.7 Å². The quantitative estimate of drug-likeness (QED) is 0.0828. The number of aryl methyl sites for hydroxylation is 1. The van der Waals surface area contributed by atoms with Gasteiger partial charge in [-0.15, -0.1) is 11.3 Å². The molecule has 0 unspecified atom stereocenters. The number of rotatable bonds is 11. The van der Waals surface area contributed by atoms with E-state index in [0.29, 0.717) is 18.8 Å². The van der Waals surface area contributed by atoms with Gasteiger partial charge in [0.05, 0.1) is 18.9 Å². The summed E-state index contributed by atoms with van der Waals surface area (Å²) >= 11 is 1.72. The maximum Gasteiger partial charge on any atom is 0.170 e. The first-order valence-electron chi connectivity index (χ1n) is 11.6. The highest BCUT2D eigenvalue weighted by Crippen LogP contribution is 2.33. The Labute approximate surface area is 209 Å². The van der Waals surface area contributed by atoms with E-state index in [1.807, 2.05) is 42.5 Å². The first-order chi connectivity index (χ1) is 17.1. The number of ether oxygens (including phenoxy) is 2. The molecule has 0 amide bonds. The van der Waals surface area contributed by atoms with Crippen LogP contribution in [0.3, 0.4) is 0 Å². The molecular formula is C28H29N3O3S. The summed E-state index contributed by atoms with van der Waals surface area (Å²) in [5.41, 5.74) is 9.49. The molecule has 0 saturated heterocycles. The van der Waals surface area contributed by atoms with Crippen molar-refractivity contribution in [2.24, 2.45) is 10.9 Å². The van der Waals surface area contributed by atoms with E-state index in [4.69, 9.17) is 25.4 Å². The minimum Gasteiger partial charge on any atom is -0.494 e. The standard InChI is InChI=1S/C28H29N3O3S/c1-20-26(30-28(35-20)23-8-4-2-5-9-23)21-10-14-24(15-11-21)33-18-6-3-7-19-34-25-16-12-22(13-17-25)27(29)31-32/h2,4-5,8-17,32H,3,6-7,18-19H2,1H3,(H2,29,31). The van der Waals surface area contributed by atoms with E-state index in [2.05, 4.69) is 36.3 Å². The van der Waals surface area contributed by atoms with Crippen molar-refractivity contribution in [2.45, 2.75) is 26.2 Å². The average molecular weight is 488 g/mol. The van der Waals surface area contributed by atoms with Crippen molar-refractivity contribution in [1.82, 2.24) is 4.98 Å². The predicted molar refractivity (Wildman–Crippen MR) is 142 cm³/mol. The molecule has 0 aliphatic rings. The number of oxime groups is 1. The number of hydrogen-bond donors (Lipinski definition) is 2. The number of aromatic nitrogens is 1. The van der Waals surface area contributed by atoms with Crippen molar-refractivity contribution in [3.63, 3.8) is 0 Å². The van der Waals surface area contributed by atoms with Crippen molar-refractivity contribution in [3.8, 4) is 33.3 Å². The van der Waals surface area contributed by atoms with Gasteiger partial charge in [0.1, 0.15) is 16.5 Å². The lowest BCUT2D eigenvalue weighted by Gasteiger charge is -2.08. The van der Waals surface area contributed by atoms with Gasteiger partial charge >= 0.3 is 0 Å². The number of hydrogen-bond acceptors (Lipinski definition) is 6. The molecular weight excluding hydrogens is 458 g/mol. The van der Waals surface area contributed by atoms with E-state index in [0.717, 1.165) is 52.6 Å². The largest absolute Gasteiger partial charge is 0.494 e. The van der Waals surface area contributed by atoms with Gasteiger partial charge in [-0.3, -0.25) is 0 Å². The molecule has 3 aromatic carbocycles. The maximum atomic E-state index is 8.70. The highest BCUT2D eigenvalue weighted by Gasteiger charge is 2.11. The van der Waals surface area contributed by atoms with Crippen LogP contribution in [0.15, 0.2) is 84.0 Å². The molecule has 0 atom stereocenters. The number of thiazole rings is 1. The molecule has 180 valence electrons. The van der Waals surface area contributed by atoms with Crippen LogP contribution in [0.2, 0.25) is 0 Å². The summed E-state index contributed by atoms with van der Waals surface area (Å²) in [6.07, 6.45) is 2.91. The Bertz CT molecular complexity index is 1240. The van der Waals surface area contributed by atoms with Gasteiger partial charge in [0, 0.05) is 21.6 Å². The van der Waals surface area contributed by atoms with Gasteiger partial charge in [0.2, 0.25) is 0 Å². The molecule has 4 aromatic rings. The summed E-state index contributed by atoms with van der Waals surface area (Å²) in [5.74, 6) is 1.72. The third kappa shape index (κ3) is 6.61. The first-order valence-corrected chi connectivity index (χ1v) is 12.4. The smallest absolute Gasteiger partial charge is 0.170 e. The van der Waals surface area contributed by atoms with Gasteiger partial charge < -0.3 is 20.4 Å². The second kappa shape index (κ2) is 12.0. The monoisotopic (exact) mass is 487 g/mol. The van der Waals surface area contributed by atoms with Crippen LogP contribution in [-0.2, 0) is 0 Å². The number of amidine groups is 1.